The largest absolute Gasteiger partial charge is 0.354 e. The molecule has 2 amide bonds. The van der Waals surface area contributed by atoms with Gasteiger partial charge in [-0.3, -0.25) is 14.5 Å². The molecule has 6 heteroatoms. The lowest BCUT2D eigenvalue weighted by atomic mass is 9.49. The summed E-state index contributed by atoms with van der Waals surface area (Å²) in [6.45, 7) is 4.96. The first kappa shape index (κ1) is 18.6. The van der Waals surface area contributed by atoms with E-state index < -0.39 is 0 Å². The molecule has 0 spiro atoms. The van der Waals surface area contributed by atoms with Crippen LogP contribution in [0.15, 0.2) is 16.8 Å². The van der Waals surface area contributed by atoms with E-state index in [0.717, 1.165) is 81.8 Å². The molecule has 5 nitrogen and oxygen atoms in total. The minimum absolute atomic E-state index is 0.0413. The van der Waals surface area contributed by atoms with Crippen LogP contribution in [0.5, 0.6) is 0 Å². The quantitative estimate of drug-likeness (QED) is 0.825. The molecule has 5 aliphatic rings. The Hall–Kier alpha value is -1.40. The number of thiophene rings is 1. The monoisotopic (exact) mass is 401 g/mol. The van der Waals surface area contributed by atoms with Crippen molar-refractivity contribution in [2.45, 2.75) is 38.5 Å². The van der Waals surface area contributed by atoms with Crippen molar-refractivity contribution in [1.29, 1.82) is 0 Å². The van der Waals surface area contributed by atoms with E-state index in [-0.39, 0.29) is 11.3 Å². The van der Waals surface area contributed by atoms with Gasteiger partial charge in [-0.25, -0.2) is 0 Å². The summed E-state index contributed by atoms with van der Waals surface area (Å²) in [5, 5.41) is 7.16. The van der Waals surface area contributed by atoms with Gasteiger partial charge in [0.2, 0.25) is 5.91 Å². The van der Waals surface area contributed by atoms with E-state index in [4.69, 9.17) is 0 Å². The molecule has 0 atom stereocenters. The van der Waals surface area contributed by atoms with E-state index in [1.807, 2.05) is 21.7 Å². The molecule has 1 N–H and O–H groups in total. The number of nitrogens with zero attached hydrogens (tertiary/aromatic N) is 2. The first-order valence-electron chi connectivity index (χ1n) is 10.9. The molecule has 4 aliphatic carbocycles. The average Bonchev–Trinajstić information content (AvgIpc) is 3.22. The van der Waals surface area contributed by atoms with Crippen molar-refractivity contribution >= 4 is 23.2 Å². The van der Waals surface area contributed by atoms with Crippen molar-refractivity contribution in [3.8, 4) is 0 Å². The number of piperazine rings is 1. The molecule has 6 rings (SSSR count). The molecule has 2 heterocycles. The maximum atomic E-state index is 13.0. The second-order valence-corrected chi connectivity index (χ2v) is 10.4. The van der Waals surface area contributed by atoms with Crippen LogP contribution in [-0.4, -0.2) is 60.9 Å². The van der Waals surface area contributed by atoms with Crippen LogP contribution in [0.25, 0.3) is 0 Å². The summed E-state index contributed by atoms with van der Waals surface area (Å²) < 4.78 is 0. The van der Waals surface area contributed by atoms with Gasteiger partial charge in [0.15, 0.2) is 0 Å². The molecule has 0 radical (unpaired) electrons. The van der Waals surface area contributed by atoms with Gasteiger partial charge in [0.1, 0.15) is 0 Å². The molecule has 4 saturated carbocycles. The Labute approximate surface area is 171 Å². The predicted molar refractivity (Wildman–Crippen MR) is 110 cm³/mol. The fourth-order valence-electron chi connectivity index (χ4n) is 6.65. The third-order valence-corrected chi connectivity index (χ3v) is 8.34. The highest BCUT2D eigenvalue weighted by Crippen LogP contribution is 2.60. The molecular weight excluding hydrogens is 370 g/mol. The second-order valence-electron chi connectivity index (χ2n) is 9.60. The Kier molecular flexibility index (Phi) is 4.95. The van der Waals surface area contributed by atoms with Crippen molar-refractivity contribution in [2.75, 3.05) is 39.3 Å². The average molecular weight is 402 g/mol. The van der Waals surface area contributed by atoms with Crippen molar-refractivity contribution in [2.24, 2.45) is 23.2 Å². The van der Waals surface area contributed by atoms with Crippen LogP contribution in [0.3, 0.4) is 0 Å². The highest BCUT2D eigenvalue weighted by atomic mass is 32.1. The predicted octanol–water partition coefficient (Wildman–Crippen LogP) is 2.84. The first-order valence-corrected chi connectivity index (χ1v) is 11.9. The maximum Gasteiger partial charge on any atom is 0.254 e. The van der Waals surface area contributed by atoms with Crippen LogP contribution < -0.4 is 5.32 Å². The van der Waals surface area contributed by atoms with Gasteiger partial charge < -0.3 is 10.2 Å². The fraction of sp³-hybridized carbons (Fsp3) is 0.727. The van der Waals surface area contributed by atoms with Gasteiger partial charge in [-0.2, -0.15) is 11.3 Å². The van der Waals surface area contributed by atoms with Crippen LogP contribution in [0.1, 0.15) is 48.9 Å². The smallest absolute Gasteiger partial charge is 0.254 e. The Morgan fingerprint density at radius 3 is 2.25 bits per heavy atom. The third kappa shape index (κ3) is 3.50. The van der Waals surface area contributed by atoms with Crippen LogP contribution >= 0.6 is 11.3 Å². The number of nitrogens with one attached hydrogen (secondary N) is 1. The zero-order chi connectivity index (χ0) is 19.1. The van der Waals surface area contributed by atoms with Crippen LogP contribution in [0.2, 0.25) is 0 Å². The van der Waals surface area contributed by atoms with Crippen molar-refractivity contribution < 1.29 is 9.59 Å². The Balaban J connectivity index is 1.07. The van der Waals surface area contributed by atoms with Crippen molar-refractivity contribution in [3.63, 3.8) is 0 Å². The zero-order valence-electron chi connectivity index (χ0n) is 16.6. The number of hydrogen-bond donors (Lipinski definition) is 1. The molecule has 4 bridgehead atoms. The Bertz CT molecular complexity index is 689. The zero-order valence-corrected chi connectivity index (χ0v) is 17.4. The Morgan fingerprint density at radius 1 is 1.04 bits per heavy atom. The van der Waals surface area contributed by atoms with Gasteiger partial charge in [-0.05, 0) is 67.7 Å². The third-order valence-electron chi connectivity index (χ3n) is 7.66. The van der Waals surface area contributed by atoms with E-state index in [1.54, 1.807) is 11.3 Å². The van der Waals surface area contributed by atoms with Gasteiger partial charge in [0, 0.05) is 50.1 Å². The highest BCUT2D eigenvalue weighted by molar-refractivity contribution is 7.08. The van der Waals surface area contributed by atoms with Gasteiger partial charge in [-0.1, -0.05) is 0 Å². The standard InChI is InChI=1S/C22H31N3O2S/c26-20(19-1-8-28-15-19)25-6-4-24(5-7-25)3-2-23-21(27)22-12-16-9-17(13-22)11-18(10-16)14-22/h1,8,15-18H,2-7,9-14H2,(H,23,27). The molecule has 1 saturated heterocycles. The molecule has 0 unspecified atom stereocenters. The maximum absolute atomic E-state index is 13.0. The molecule has 1 aromatic heterocycles. The molecule has 0 aromatic carbocycles. The molecule has 5 fully saturated rings. The van der Waals surface area contributed by atoms with Gasteiger partial charge in [0.05, 0.1) is 5.56 Å². The normalized spacial score (nSPS) is 34.6. The second kappa shape index (κ2) is 7.45. The SMILES string of the molecule is O=C(c1ccsc1)N1CCN(CCNC(=O)C23CC4CC(CC(C4)C2)C3)CC1. The minimum atomic E-state index is -0.0413. The summed E-state index contributed by atoms with van der Waals surface area (Å²) >= 11 is 1.57. The van der Waals surface area contributed by atoms with E-state index in [9.17, 15) is 9.59 Å². The van der Waals surface area contributed by atoms with E-state index in [1.165, 1.54) is 19.3 Å². The van der Waals surface area contributed by atoms with E-state index >= 15 is 0 Å². The van der Waals surface area contributed by atoms with Crippen LogP contribution in [-0.2, 0) is 4.79 Å². The number of hydrogen-bond acceptors (Lipinski definition) is 4. The lowest BCUT2D eigenvalue weighted by Crippen LogP contribution is -2.55. The fourth-order valence-corrected chi connectivity index (χ4v) is 7.28. The Morgan fingerprint density at radius 2 is 1.68 bits per heavy atom. The van der Waals surface area contributed by atoms with Crippen LogP contribution in [0, 0.1) is 23.2 Å². The van der Waals surface area contributed by atoms with Crippen molar-refractivity contribution in [3.05, 3.63) is 22.4 Å². The minimum Gasteiger partial charge on any atom is -0.354 e. The summed E-state index contributed by atoms with van der Waals surface area (Å²) in [6.07, 6.45) is 7.53. The number of carbonyl (C=O) groups is 2. The number of rotatable bonds is 5. The van der Waals surface area contributed by atoms with E-state index in [2.05, 4.69) is 10.2 Å². The van der Waals surface area contributed by atoms with E-state index in [0.29, 0.717) is 5.91 Å². The van der Waals surface area contributed by atoms with Gasteiger partial charge in [0.25, 0.3) is 5.91 Å². The molecule has 28 heavy (non-hydrogen) atoms. The summed E-state index contributed by atoms with van der Waals surface area (Å²) in [6, 6.07) is 1.90. The summed E-state index contributed by atoms with van der Waals surface area (Å²) in [7, 11) is 0. The highest BCUT2D eigenvalue weighted by Gasteiger charge is 2.54. The van der Waals surface area contributed by atoms with Crippen molar-refractivity contribution in [1.82, 2.24) is 15.1 Å². The summed E-state index contributed by atoms with van der Waals surface area (Å²) in [5.41, 5.74) is 0.765. The van der Waals surface area contributed by atoms with Crippen LogP contribution in [0.4, 0.5) is 0 Å². The summed E-state index contributed by atoms with van der Waals surface area (Å²) in [4.78, 5) is 29.8. The molecular formula is C22H31N3O2S. The first-order chi connectivity index (χ1) is 13.6. The number of amides is 2. The number of carbonyl (C=O) groups excluding carboxylic acids is 2. The lowest BCUT2D eigenvalue weighted by Gasteiger charge is -2.55. The summed E-state index contributed by atoms with van der Waals surface area (Å²) in [5.74, 6) is 2.91. The molecule has 1 aromatic rings. The molecule has 152 valence electrons. The molecule has 1 aliphatic heterocycles. The topological polar surface area (TPSA) is 52.7 Å². The van der Waals surface area contributed by atoms with Gasteiger partial charge >= 0.3 is 0 Å². The lowest BCUT2D eigenvalue weighted by molar-refractivity contribution is -0.146. The van der Waals surface area contributed by atoms with Gasteiger partial charge in [-0.15, -0.1) is 0 Å².